The van der Waals surface area contributed by atoms with Crippen LogP contribution in [0.15, 0.2) is 30.0 Å². The molecule has 2 heterocycles. The lowest BCUT2D eigenvalue weighted by atomic mass is 10.2. The second-order valence-corrected chi connectivity index (χ2v) is 4.32. The molecule has 0 atom stereocenters. The van der Waals surface area contributed by atoms with Gasteiger partial charge in [-0.25, -0.2) is 9.97 Å². The van der Waals surface area contributed by atoms with Crippen molar-refractivity contribution in [3.8, 4) is 11.8 Å². The number of rotatable bonds is 1. The molecule has 17 heavy (non-hydrogen) atoms. The summed E-state index contributed by atoms with van der Waals surface area (Å²) in [5, 5.41) is 8.95. The van der Waals surface area contributed by atoms with Gasteiger partial charge in [0.1, 0.15) is 11.6 Å². The minimum Gasteiger partial charge on any atom is -0.395 e. The van der Waals surface area contributed by atoms with Crippen LogP contribution in [-0.4, -0.2) is 14.5 Å². The highest BCUT2D eigenvalue weighted by atomic mass is 32.1. The highest BCUT2D eigenvalue weighted by molar-refractivity contribution is 7.16. The van der Waals surface area contributed by atoms with Crippen molar-refractivity contribution in [3.05, 3.63) is 35.9 Å². The van der Waals surface area contributed by atoms with E-state index in [0.29, 0.717) is 11.5 Å². The van der Waals surface area contributed by atoms with Crippen LogP contribution in [0.1, 0.15) is 5.82 Å². The number of aromatic nitrogens is 3. The van der Waals surface area contributed by atoms with Crippen molar-refractivity contribution in [2.75, 3.05) is 5.73 Å². The normalized spacial score (nSPS) is 10.5. The first kappa shape index (κ1) is 9.81. The SMILES string of the molecule is N#Cc1nccn1-c1ccc2scnc2c1N. The maximum absolute atomic E-state index is 8.95. The van der Waals surface area contributed by atoms with Crippen molar-refractivity contribution in [1.29, 1.82) is 5.26 Å². The van der Waals surface area contributed by atoms with Crippen molar-refractivity contribution in [2.45, 2.75) is 0 Å². The molecule has 6 heteroatoms. The van der Waals surface area contributed by atoms with Gasteiger partial charge in [0.15, 0.2) is 0 Å². The maximum atomic E-state index is 8.95. The molecule has 0 aliphatic carbocycles. The molecule has 3 aromatic rings. The number of anilines is 1. The van der Waals surface area contributed by atoms with Crippen LogP contribution in [0, 0.1) is 11.3 Å². The van der Waals surface area contributed by atoms with E-state index in [0.717, 1.165) is 15.9 Å². The summed E-state index contributed by atoms with van der Waals surface area (Å²) in [6, 6.07) is 5.84. The summed E-state index contributed by atoms with van der Waals surface area (Å²) in [4.78, 5) is 8.17. The van der Waals surface area contributed by atoms with E-state index in [1.54, 1.807) is 22.5 Å². The van der Waals surface area contributed by atoms with Gasteiger partial charge in [0.25, 0.3) is 0 Å². The zero-order chi connectivity index (χ0) is 11.8. The number of hydrogen-bond acceptors (Lipinski definition) is 5. The number of imidazole rings is 1. The molecule has 5 nitrogen and oxygen atoms in total. The molecule has 0 aliphatic heterocycles. The summed E-state index contributed by atoms with van der Waals surface area (Å²) in [5.41, 5.74) is 9.89. The molecule has 0 fully saturated rings. The van der Waals surface area contributed by atoms with Gasteiger partial charge in [-0.2, -0.15) is 5.26 Å². The van der Waals surface area contributed by atoms with Gasteiger partial charge in [-0.05, 0) is 12.1 Å². The van der Waals surface area contributed by atoms with E-state index in [9.17, 15) is 0 Å². The second kappa shape index (κ2) is 3.57. The van der Waals surface area contributed by atoms with Crippen LogP contribution >= 0.6 is 11.3 Å². The monoisotopic (exact) mass is 241 g/mol. The summed E-state index contributed by atoms with van der Waals surface area (Å²) in [6.07, 6.45) is 3.28. The Morgan fingerprint density at radius 1 is 1.35 bits per heavy atom. The van der Waals surface area contributed by atoms with E-state index in [1.807, 2.05) is 18.2 Å². The Labute approximate surface area is 101 Å². The van der Waals surface area contributed by atoms with E-state index in [2.05, 4.69) is 9.97 Å². The van der Waals surface area contributed by atoms with Gasteiger partial charge in [-0.15, -0.1) is 11.3 Å². The van der Waals surface area contributed by atoms with Crippen molar-refractivity contribution in [3.63, 3.8) is 0 Å². The molecule has 0 radical (unpaired) electrons. The highest BCUT2D eigenvalue weighted by Gasteiger charge is 2.11. The van der Waals surface area contributed by atoms with Gasteiger partial charge in [-0.3, -0.25) is 4.57 Å². The van der Waals surface area contributed by atoms with E-state index in [-0.39, 0.29) is 0 Å². The summed E-state index contributed by atoms with van der Waals surface area (Å²) in [6.45, 7) is 0. The molecule has 0 unspecified atom stereocenters. The average Bonchev–Trinajstić information content (AvgIpc) is 2.97. The first-order chi connectivity index (χ1) is 8.31. The smallest absolute Gasteiger partial charge is 0.217 e. The Balaban J connectivity index is 2.31. The van der Waals surface area contributed by atoms with Crippen molar-refractivity contribution in [1.82, 2.24) is 14.5 Å². The Morgan fingerprint density at radius 3 is 3.06 bits per heavy atom. The Morgan fingerprint density at radius 2 is 2.24 bits per heavy atom. The third kappa shape index (κ3) is 1.37. The van der Waals surface area contributed by atoms with Gasteiger partial charge in [0.05, 0.1) is 21.6 Å². The molecule has 0 amide bonds. The van der Waals surface area contributed by atoms with E-state index in [1.165, 1.54) is 11.3 Å². The summed E-state index contributed by atoms with van der Waals surface area (Å²) in [7, 11) is 0. The molecule has 82 valence electrons. The van der Waals surface area contributed by atoms with E-state index < -0.39 is 0 Å². The quantitative estimate of drug-likeness (QED) is 0.660. The molecule has 0 aliphatic rings. The Hall–Kier alpha value is -2.39. The number of fused-ring (bicyclic) bond motifs is 1. The van der Waals surface area contributed by atoms with Gasteiger partial charge in [0, 0.05) is 12.4 Å². The topological polar surface area (TPSA) is 80.5 Å². The fourth-order valence-corrected chi connectivity index (χ4v) is 2.42. The summed E-state index contributed by atoms with van der Waals surface area (Å²) < 4.78 is 2.69. The zero-order valence-electron chi connectivity index (χ0n) is 8.66. The molecule has 0 saturated carbocycles. The predicted octanol–water partition coefficient (Wildman–Crippen LogP) is 1.94. The average molecular weight is 241 g/mol. The highest BCUT2D eigenvalue weighted by Crippen LogP contribution is 2.29. The number of benzene rings is 1. The molecule has 1 aromatic carbocycles. The molecule has 0 spiro atoms. The van der Waals surface area contributed by atoms with Crippen molar-refractivity contribution >= 4 is 27.2 Å². The van der Waals surface area contributed by atoms with Crippen LogP contribution in [-0.2, 0) is 0 Å². The lowest BCUT2D eigenvalue weighted by molar-refractivity contribution is 1.02. The van der Waals surface area contributed by atoms with Crippen molar-refractivity contribution < 1.29 is 0 Å². The van der Waals surface area contributed by atoms with Gasteiger partial charge in [0.2, 0.25) is 5.82 Å². The van der Waals surface area contributed by atoms with E-state index in [4.69, 9.17) is 11.0 Å². The van der Waals surface area contributed by atoms with Crippen molar-refractivity contribution in [2.24, 2.45) is 0 Å². The summed E-state index contributed by atoms with van der Waals surface area (Å²) >= 11 is 1.54. The van der Waals surface area contributed by atoms with Gasteiger partial charge >= 0.3 is 0 Å². The Kier molecular flexibility index (Phi) is 2.06. The fourth-order valence-electron chi connectivity index (χ4n) is 1.73. The molecule has 0 bridgehead atoms. The molecular weight excluding hydrogens is 234 g/mol. The Bertz CT molecular complexity index is 734. The lowest BCUT2D eigenvalue weighted by Crippen LogP contribution is -2.01. The van der Waals surface area contributed by atoms with Gasteiger partial charge in [-0.1, -0.05) is 0 Å². The number of thiazole rings is 1. The van der Waals surface area contributed by atoms with Crippen LogP contribution in [0.5, 0.6) is 0 Å². The number of nitrogens with two attached hydrogens (primary N) is 1. The van der Waals surface area contributed by atoms with Crippen LogP contribution in [0.3, 0.4) is 0 Å². The molecular formula is C11H7N5S. The molecule has 2 N–H and O–H groups in total. The lowest BCUT2D eigenvalue weighted by Gasteiger charge is -2.07. The number of nitrogen functional groups attached to an aromatic ring is 1. The standard InChI is InChI=1S/C11H7N5S/c12-5-9-14-3-4-16(9)7-1-2-8-11(10(7)13)15-6-17-8/h1-4,6H,13H2. The first-order valence-corrected chi connectivity index (χ1v) is 5.74. The second-order valence-electron chi connectivity index (χ2n) is 3.43. The number of nitrogens with zero attached hydrogens (tertiary/aromatic N) is 4. The third-order valence-corrected chi connectivity index (χ3v) is 3.31. The van der Waals surface area contributed by atoms with E-state index >= 15 is 0 Å². The minimum absolute atomic E-state index is 0.311. The van der Waals surface area contributed by atoms with Crippen LogP contribution in [0.2, 0.25) is 0 Å². The van der Waals surface area contributed by atoms with Gasteiger partial charge < -0.3 is 5.73 Å². The summed E-state index contributed by atoms with van der Waals surface area (Å²) in [5.74, 6) is 0.311. The third-order valence-electron chi connectivity index (χ3n) is 2.52. The predicted molar refractivity (Wildman–Crippen MR) is 65.9 cm³/mol. The zero-order valence-corrected chi connectivity index (χ0v) is 9.48. The van der Waals surface area contributed by atoms with Crippen LogP contribution in [0.25, 0.3) is 15.9 Å². The van der Waals surface area contributed by atoms with Crippen LogP contribution < -0.4 is 5.73 Å². The minimum atomic E-state index is 0.311. The molecule has 0 saturated heterocycles. The number of nitriles is 1. The first-order valence-electron chi connectivity index (χ1n) is 4.87. The maximum Gasteiger partial charge on any atom is 0.217 e. The fraction of sp³-hybridized carbons (Fsp3) is 0. The van der Waals surface area contributed by atoms with Crippen LogP contribution in [0.4, 0.5) is 5.69 Å². The largest absolute Gasteiger partial charge is 0.395 e. The number of hydrogen-bond donors (Lipinski definition) is 1. The molecule has 3 rings (SSSR count). The molecule has 2 aromatic heterocycles.